The van der Waals surface area contributed by atoms with Crippen molar-refractivity contribution in [1.29, 1.82) is 0 Å². The highest BCUT2D eigenvalue weighted by atomic mass is 32.1. The first-order valence-corrected chi connectivity index (χ1v) is 4.62. The molecule has 0 rings (SSSR count). The predicted octanol–water partition coefficient (Wildman–Crippen LogP) is 1.11. The van der Waals surface area contributed by atoms with Gasteiger partial charge < -0.3 is 15.2 Å². The largest absolute Gasteiger partial charge is 0.393 e. The van der Waals surface area contributed by atoms with Crippen LogP contribution in [0, 0.1) is 0 Å². The minimum absolute atomic E-state index is 0.559. The summed E-state index contributed by atoms with van der Waals surface area (Å²) >= 11 is 4.71. The Morgan fingerprint density at radius 2 is 1.92 bits per heavy atom. The summed E-state index contributed by atoms with van der Waals surface area (Å²) in [5.74, 6) is 0. The van der Waals surface area contributed by atoms with Gasteiger partial charge in [0.05, 0.1) is 18.2 Å². The molecule has 12 heavy (non-hydrogen) atoms. The Bertz CT molecular complexity index is 120. The van der Waals surface area contributed by atoms with Gasteiger partial charge in [-0.2, -0.15) is 0 Å². The highest BCUT2D eigenvalue weighted by molar-refractivity contribution is 7.80. The molecule has 0 fully saturated rings. The molecule has 0 aliphatic heterocycles. The second-order valence-corrected chi connectivity index (χ2v) is 2.90. The number of thiocarbonyl (C=S) groups is 1. The molecule has 0 atom stereocenters. The van der Waals surface area contributed by atoms with E-state index in [1.807, 2.05) is 6.92 Å². The van der Waals surface area contributed by atoms with Crippen LogP contribution in [0.1, 0.15) is 19.8 Å². The Labute approximate surface area is 79.2 Å². The molecule has 2 N–H and O–H groups in total. The van der Waals surface area contributed by atoms with Gasteiger partial charge in [0.2, 0.25) is 0 Å². The van der Waals surface area contributed by atoms with Crippen molar-refractivity contribution in [3.63, 3.8) is 0 Å². The summed E-state index contributed by atoms with van der Waals surface area (Å²) in [7, 11) is 0. The van der Waals surface area contributed by atoms with Crippen LogP contribution in [0.4, 0.5) is 0 Å². The molecular formula is C8H17NO2S. The van der Waals surface area contributed by atoms with Crippen LogP contribution < -0.4 is 5.73 Å². The van der Waals surface area contributed by atoms with Crippen LogP contribution in [0.2, 0.25) is 0 Å². The molecular weight excluding hydrogens is 174 g/mol. The molecule has 0 aliphatic rings. The van der Waals surface area contributed by atoms with Gasteiger partial charge in [-0.15, -0.1) is 0 Å². The Morgan fingerprint density at radius 3 is 2.50 bits per heavy atom. The van der Waals surface area contributed by atoms with Gasteiger partial charge in [-0.05, 0) is 19.8 Å². The van der Waals surface area contributed by atoms with E-state index in [1.54, 1.807) is 0 Å². The molecule has 0 aromatic rings. The van der Waals surface area contributed by atoms with Gasteiger partial charge in [0.25, 0.3) is 0 Å². The van der Waals surface area contributed by atoms with E-state index in [-0.39, 0.29) is 0 Å². The molecule has 0 unspecified atom stereocenters. The van der Waals surface area contributed by atoms with Crippen molar-refractivity contribution in [3.05, 3.63) is 0 Å². The molecule has 0 aliphatic carbocycles. The van der Waals surface area contributed by atoms with Crippen molar-refractivity contribution in [3.8, 4) is 0 Å². The minimum Gasteiger partial charge on any atom is -0.393 e. The highest BCUT2D eigenvalue weighted by Crippen LogP contribution is 1.90. The first kappa shape index (κ1) is 11.8. The summed E-state index contributed by atoms with van der Waals surface area (Å²) in [5.41, 5.74) is 5.31. The fraction of sp³-hybridized carbons (Fsp3) is 0.875. The average molecular weight is 191 g/mol. The summed E-state index contributed by atoms with van der Waals surface area (Å²) in [6.07, 6.45) is 1.67. The molecule has 0 amide bonds. The average Bonchev–Trinajstić information content (AvgIpc) is 2.02. The summed E-state index contributed by atoms with van der Waals surface area (Å²) in [5, 5.41) is 0. The van der Waals surface area contributed by atoms with Crippen LogP contribution >= 0.6 is 12.2 Å². The lowest BCUT2D eigenvalue weighted by Crippen LogP contribution is -2.10. The zero-order chi connectivity index (χ0) is 9.23. The lowest BCUT2D eigenvalue weighted by molar-refractivity contribution is 0.0524. The molecule has 0 spiro atoms. The monoisotopic (exact) mass is 191 g/mol. The van der Waals surface area contributed by atoms with Crippen molar-refractivity contribution in [2.45, 2.75) is 19.8 Å². The maximum absolute atomic E-state index is 5.31. The van der Waals surface area contributed by atoms with Gasteiger partial charge in [0, 0.05) is 13.2 Å². The zero-order valence-corrected chi connectivity index (χ0v) is 8.36. The van der Waals surface area contributed by atoms with Gasteiger partial charge in [-0.1, -0.05) is 12.2 Å². The Balaban J connectivity index is 2.86. The quantitative estimate of drug-likeness (QED) is 0.461. The number of hydrogen-bond donors (Lipinski definition) is 1. The molecule has 0 aromatic heterocycles. The highest BCUT2D eigenvalue weighted by Gasteiger charge is 1.91. The second-order valence-electron chi connectivity index (χ2n) is 2.38. The van der Waals surface area contributed by atoms with E-state index in [2.05, 4.69) is 0 Å². The summed E-state index contributed by atoms with van der Waals surface area (Å²) in [6, 6.07) is 0. The number of ether oxygens (including phenoxy) is 2. The molecule has 0 radical (unpaired) electrons. The van der Waals surface area contributed by atoms with Crippen LogP contribution in [0.25, 0.3) is 0 Å². The van der Waals surface area contributed by atoms with E-state index in [4.69, 9.17) is 27.4 Å². The molecule has 3 nitrogen and oxygen atoms in total. The third-order valence-electron chi connectivity index (χ3n) is 1.29. The molecule has 0 heterocycles. The smallest absolute Gasteiger partial charge is 0.0728 e. The fourth-order valence-electron chi connectivity index (χ4n) is 0.713. The van der Waals surface area contributed by atoms with E-state index in [9.17, 15) is 0 Å². The van der Waals surface area contributed by atoms with E-state index in [0.29, 0.717) is 24.8 Å². The van der Waals surface area contributed by atoms with Gasteiger partial charge >= 0.3 is 0 Å². The fourth-order valence-corrected chi connectivity index (χ4v) is 0.857. The maximum Gasteiger partial charge on any atom is 0.0728 e. The zero-order valence-electron chi connectivity index (χ0n) is 7.54. The number of hydrogen-bond acceptors (Lipinski definition) is 3. The normalized spacial score (nSPS) is 10.1. The maximum atomic E-state index is 5.31. The predicted molar refractivity (Wildman–Crippen MR) is 53.3 cm³/mol. The Hall–Kier alpha value is -0.190. The van der Waals surface area contributed by atoms with Crippen LogP contribution in [0.3, 0.4) is 0 Å². The van der Waals surface area contributed by atoms with Crippen molar-refractivity contribution in [1.82, 2.24) is 0 Å². The van der Waals surface area contributed by atoms with E-state index >= 15 is 0 Å². The third-order valence-corrected chi connectivity index (χ3v) is 1.49. The van der Waals surface area contributed by atoms with Crippen molar-refractivity contribution in [2.24, 2.45) is 5.73 Å². The van der Waals surface area contributed by atoms with E-state index < -0.39 is 0 Å². The molecule has 4 heteroatoms. The van der Waals surface area contributed by atoms with Crippen molar-refractivity contribution < 1.29 is 9.47 Å². The third kappa shape index (κ3) is 9.81. The molecule has 0 aromatic carbocycles. The number of rotatable bonds is 8. The van der Waals surface area contributed by atoms with E-state index in [0.717, 1.165) is 19.4 Å². The SMILES string of the molecule is CCOCCOCCCC(N)=S. The summed E-state index contributed by atoms with van der Waals surface area (Å²) in [6.45, 7) is 4.75. The second kappa shape index (κ2) is 8.90. The molecule has 0 saturated heterocycles. The van der Waals surface area contributed by atoms with Gasteiger partial charge in [0.1, 0.15) is 0 Å². The summed E-state index contributed by atoms with van der Waals surface area (Å²) < 4.78 is 10.3. The van der Waals surface area contributed by atoms with Gasteiger partial charge in [-0.25, -0.2) is 0 Å². The first-order valence-electron chi connectivity index (χ1n) is 4.21. The van der Waals surface area contributed by atoms with Gasteiger partial charge in [-0.3, -0.25) is 0 Å². The molecule has 0 bridgehead atoms. The number of nitrogens with two attached hydrogens (primary N) is 1. The minimum atomic E-state index is 0.559. The van der Waals surface area contributed by atoms with Crippen LogP contribution in [-0.2, 0) is 9.47 Å². The lowest BCUT2D eigenvalue weighted by atomic mass is 10.3. The van der Waals surface area contributed by atoms with Crippen molar-refractivity contribution >= 4 is 17.2 Å². The molecule has 72 valence electrons. The Kier molecular flexibility index (Phi) is 8.76. The van der Waals surface area contributed by atoms with Crippen molar-refractivity contribution in [2.75, 3.05) is 26.4 Å². The Morgan fingerprint density at radius 1 is 1.25 bits per heavy atom. The summed E-state index contributed by atoms with van der Waals surface area (Å²) in [4.78, 5) is 0.559. The van der Waals surface area contributed by atoms with Gasteiger partial charge in [0.15, 0.2) is 0 Å². The van der Waals surface area contributed by atoms with Crippen LogP contribution in [0.5, 0.6) is 0 Å². The van der Waals surface area contributed by atoms with Crippen LogP contribution in [0.15, 0.2) is 0 Å². The lowest BCUT2D eigenvalue weighted by Gasteiger charge is -2.03. The topological polar surface area (TPSA) is 44.5 Å². The first-order chi connectivity index (χ1) is 5.77. The standard InChI is InChI=1S/C8H17NO2S/c1-2-10-6-7-11-5-3-4-8(9)12/h2-7H2,1H3,(H2,9,12). The van der Waals surface area contributed by atoms with E-state index in [1.165, 1.54) is 0 Å². The van der Waals surface area contributed by atoms with Crippen LogP contribution in [-0.4, -0.2) is 31.4 Å². The molecule has 0 saturated carbocycles.